The third-order valence-corrected chi connectivity index (χ3v) is 7.59. The molecule has 1 aliphatic rings. The third-order valence-electron chi connectivity index (χ3n) is 6.71. The average molecular weight is 526 g/mol. The summed E-state index contributed by atoms with van der Waals surface area (Å²) in [5, 5.41) is 10.5. The van der Waals surface area contributed by atoms with Gasteiger partial charge in [-0.2, -0.15) is 5.10 Å². The fourth-order valence-electron chi connectivity index (χ4n) is 4.76. The number of hydrogen-bond acceptors (Lipinski definition) is 8. The van der Waals surface area contributed by atoms with Crippen molar-refractivity contribution in [3.05, 3.63) is 89.0 Å². The molecule has 1 aliphatic heterocycles. The Balaban J connectivity index is 1.19. The van der Waals surface area contributed by atoms with E-state index in [9.17, 15) is 4.79 Å². The predicted octanol–water partition coefficient (Wildman–Crippen LogP) is 4.14. The van der Waals surface area contributed by atoms with Crippen molar-refractivity contribution in [2.45, 2.75) is 6.54 Å². The predicted molar refractivity (Wildman–Crippen MR) is 150 cm³/mol. The minimum atomic E-state index is -0.0975. The van der Waals surface area contributed by atoms with Crippen LogP contribution in [0.1, 0.15) is 15.2 Å². The fraction of sp³-hybridized carbons (Fsp3) is 0.214. The number of amides is 1. The van der Waals surface area contributed by atoms with Crippen LogP contribution < -0.4 is 19.9 Å². The van der Waals surface area contributed by atoms with Crippen molar-refractivity contribution in [2.75, 3.05) is 43.1 Å². The SMILES string of the molecule is COc1ccc(C(=O)NCc2cccs2)cc1N1CCN(c2ncnc3c2cnn3-c2ccccc2)CC1. The number of hydrogen-bond donors (Lipinski definition) is 1. The topological polar surface area (TPSA) is 88.4 Å². The maximum atomic E-state index is 12.8. The molecule has 1 saturated heterocycles. The average Bonchev–Trinajstić information content (AvgIpc) is 3.66. The summed E-state index contributed by atoms with van der Waals surface area (Å²) in [4.78, 5) is 27.6. The van der Waals surface area contributed by atoms with Crippen molar-refractivity contribution in [2.24, 2.45) is 0 Å². The molecule has 1 fully saturated rings. The van der Waals surface area contributed by atoms with Gasteiger partial charge in [0.15, 0.2) is 5.65 Å². The highest BCUT2D eigenvalue weighted by molar-refractivity contribution is 7.09. The molecule has 1 N–H and O–H groups in total. The van der Waals surface area contributed by atoms with Crippen molar-refractivity contribution in [1.82, 2.24) is 25.1 Å². The van der Waals surface area contributed by atoms with E-state index >= 15 is 0 Å². The van der Waals surface area contributed by atoms with Crippen molar-refractivity contribution in [3.8, 4) is 11.4 Å². The Hall–Kier alpha value is -4.44. The number of para-hydroxylation sites is 1. The lowest BCUT2D eigenvalue weighted by Crippen LogP contribution is -2.47. The zero-order valence-corrected chi connectivity index (χ0v) is 21.8. The van der Waals surface area contributed by atoms with Gasteiger partial charge in [-0.25, -0.2) is 14.6 Å². The number of fused-ring (bicyclic) bond motifs is 1. The second-order valence-corrected chi connectivity index (χ2v) is 9.98. The third kappa shape index (κ3) is 4.66. The molecule has 6 rings (SSSR count). The number of nitrogens with one attached hydrogen (secondary N) is 1. The Morgan fingerprint density at radius 1 is 1.00 bits per heavy atom. The lowest BCUT2D eigenvalue weighted by atomic mass is 10.1. The lowest BCUT2D eigenvalue weighted by Gasteiger charge is -2.37. The summed E-state index contributed by atoms with van der Waals surface area (Å²) in [6.45, 7) is 3.57. The van der Waals surface area contributed by atoms with Crippen LogP contribution in [0.4, 0.5) is 11.5 Å². The number of rotatable bonds is 7. The smallest absolute Gasteiger partial charge is 0.251 e. The van der Waals surface area contributed by atoms with Crippen LogP contribution in [-0.4, -0.2) is 58.9 Å². The van der Waals surface area contributed by atoms with Crippen LogP contribution in [0.2, 0.25) is 0 Å². The molecule has 0 atom stereocenters. The van der Waals surface area contributed by atoms with Gasteiger partial charge in [0.2, 0.25) is 0 Å². The van der Waals surface area contributed by atoms with E-state index in [1.54, 1.807) is 24.8 Å². The van der Waals surface area contributed by atoms with Crippen LogP contribution >= 0.6 is 11.3 Å². The normalized spacial score (nSPS) is 13.6. The van der Waals surface area contributed by atoms with Gasteiger partial charge in [-0.15, -0.1) is 11.3 Å². The quantitative estimate of drug-likeness (QED) is 0.342. The summed E-state index contributed by atoms with van der Waals surface area (Å²) in [7, 11) is 1.66. The van der Waals surface area contributed by atoms with Crippen LogP contribution in [-0.2, 0) is 6.54 Å². The minimum Gasteiger partial charge on any atom is -0.495 e. The standard InChI is InChI=1S/C28H27N7O2S/c1-37-25-10-9-20(28(36)29-17-22-8-5-15-38-22)16-24(25)33-11-13-34(14-12-33)26-23-18-32-35(27(23)31-19-30-26)21-6-3-2-4-7-21/h2-10,15-16,18-19H,11-14,17H2,1H3,(H,29,36). The summed E-state index contributed by atoms with van der Waals surface area (Å²) in [5.74, 6) is 1.53. The highest BCUT2D eigenvalue weighted by atomic mass is 32.1. The minimum absolute atomic E-state index is 0.0975. The molecule has 4 heterocycles. The molecule has 192 valence electrons. The van der Waals surface area contributed by atoms with Crippen molar-refractivity contribution in [1.29, 1.82) is 0 Å². The van der Waals surface area contributed by atoms with Gasteiger partial charge in [0, 0.05) is 36.6 Å². The Bertz CT molecular complexity index is 1540. The largest absolute Gasteiger partial charge is 0.495 e. The molecule has 1 amide bonds. The molecule has 10 heteroatoms. The van der Waals surface area contributed by atoms with Gasteiger partial charge in [-0.3, -0.25) is 4.79 Å². The molecule has 5 aromatic rings. The fourth-order valence-corrected chi connectivity index (χ4v) is 5.41. The highest BCUT2D eigenvalue weighted by Crippen LogP contribution is 2.32. The van der Waals surface area contributed by atoms with E-state index in [2.05, 4.69) is 30.2 Å². The number of piperazine rings is 1. The summed E-state index contributed by atoms with van der Waals surface area (Å²) in [6.07, 6.45) is 3.44. The highest BCUT2D eigenvalue weighted by Gasteiger charge is 2.24. The van der Waals surface area contributed by atoms with Gasteiger partial charge in [0.25, 0.3) is 5.91 Å². The van der Waals surface area contributed by atoms with Crippen molar-refractivity contribution >= 4 is 39.8 Å². The molecular formula is C28H27N7O2S. The van der Waals surface area contributed by atoms with E-state index < -0.39 is 0 Å². The molecule has 0 unspecified atom stereocenters. The second-order valence-electron chi connectivity index (χ2n) is 8.95. The molecule has 3 aromatic heterocycles. The molecular weight excluding hydrogens is 498 g/mol. The van der Waals surface area contributed by atoms with Gasteiger partial charge < -0.3 is 19.9 Å². The number of nitrogens with zero attached hydrogens (tertiary/aromatic N) is 6. The first-order valence-electron chi connectivity index (χ1n) is 12.4. The Labute approximate surface area is 224 Å². The number of anilines is 2. The van der Waals surface area contributed by atoms with E-state index in [1.807, 2.05) is 76.9 Å². The van der Waals surface area contributed by atoms with Crippen LogP contribution in [0.15, 0.2) is 78.6 Å². The first kappa shape index (κ1) is 23.9. The Morgan fingerprint density at radius 3 is 2.58 bits per heavy atom. The number of methoxy groups -OCH3 is 1. The molecule has 9 nitrogen and oxygen atoms in total. The van der Waals surface area contributed by atoms with E-state index in [0.29, 0.717) is 12.1 Å². The van der Waals surface area contributed by atoms with Crippen LogP contribution in [0.5, 0.6) is 5.75 Å². The van der Waals surface area contributed by atoms with E-state index in [4.69, 9.17) is 4.74 Å². The van der Waals surface area contributed by atoms with Gasteiger partial charge >= 0.3 is 0 Å². The number of ether oxygens (including phenoxy) is 1. The summed E-state index contributed by atoms with van der Waals surface area (Å²) >= 11 is 1.63. The van der Waals surface area contributed by atoms with Crippen LogP contribution in [0.25, 0.3) is 16.7 Å². The maximum absolute atomic E-state index is 12.8. The maximum Gasteiger partial charge on any atom is 0.251 e. The molecule has 2 aromatic carbocycles. The number of thiophene rings is 1. The number of benzene rings is 2. The summed E-state index contributed by atoms with van der Waals surface area (Å²) in [6, 6.07) is 19.6. The summed E-state index contributed by atoms with van der Waals surface area (Å²) in [5.41, 5.74) is 3.28. The zero-order valence-electron chi connectivity index (χ0n) is 20.9. The molecule has 0 aliphatic carbocycles. The van der Waals surface area contributed by atoms with Gasteiger partial charge in [0.05, 0.1) is 36.6 Å². The van der Waals surface area contributed by atoms with E-state index in [1.165, 1.54) is 0 Å². The summed E-state index contributed by atoms with van der Waals surface area (Å²) < 4.78 is 7.49. The van der Waals surface area contributed by atoms with Gasteiger partial charge in [0.1, 0.15) is 17.9 Å². The molecule has 38 heavy (non-hydrogen) atoms. The molecule has 0 saturated carbocycles. The van der Waals surface area contributed by atoms with Crippen molar-refractivity contribution < 1.29 is 9.53 Å². The Kier molecular flexibility index (Phi) is 6.62. The molecule has 0 bridgehead atoms. The number of carbonyl (C=O) groups excluding carboxylic acids is 1. The number of carbonyl (C=O) groups is 1. The second kappa shape index (κ2) is 10.5. The zero-order chi connectivity index (χ0) is 25.9. The van der Waals surface area contributed by atoms with Gasteiger partial charge in [-0.05, 0) is 41.8 Å². The van der Waals surface area contributed by atoms with Gasteiger partial charge in [-0.1, -0.05) is 24.3 Å². The van der Waals surface area contributed by atoms with Crippen LogP contribution in [0, 0.1) is 0 Å². The lowest BCUT2D eigenvalue weighted by molar-refractivity contribution is 0.0951. The Morgan fingerprint density at radius 2 is 1.82 bits per heavy atom. The molecule has 0 radical (unpaired) electrons. The monoisotopic (exact) mass is 525 g/mol. The van der Waals surface area contributed by atoms with Crippen LogP contribution in [0.3, 0.4) is 0 Å². The molecule has 0 spiro atoms. The van der Waals surface area contributed by atoms with Crippen molar-refractivity contribution in [3.63, 3.8) is 0 Å². The van der Waals surface area contributed by atoms with E-state index in [-0.39, 0.29) is 5.91 Å². The first-order chi connectivity index (χ1) is 18.7. The number of aromatic nitrogens is 4. The van der Waals surface area contributed by atoms with E-state index in [0.717, 1.165) is 65.0 Å². The first-order valence-corrected chi connectivity index (χ1v) is 13.3.